The Labute approximate surface area is 76.2 Å². The van der Waals surface area contributed by atoms with Gasteiger partial charge in [0.05, 0.1) is 0 Å². The van der Waals surface area contributed by atoms with Gasteiger partial charge in [-0.15, -0.1) is 0 Å². The number of hydrogen-bond donors (Lipinski definition) is 2. The standard InChI is InChI=1S/C10H22N2/c1-6-7-10(4,5)8(2)9(3)12-11/h12H,6-7,11H2,1-5H3. The number of rotatable bonds is 4. The first-order valence-corrected chi connectivity index (χ1v) is 4.60. The van der Waals surface area contributed by atoms with Gasteiger partial charge in [-0.3, -0.25) is 5.84 Å². The molecule has 0 unspecified atom stereocenters. The highest BCUT2D eigenvalue weighted by Gasteiger charge is 2.20. The van der Waals surface area contributed by atoms with Crippen LogP contribution in [0.15, 0.2) is 11.3 Å². The van der Waals surface area contributed by atoms with E-state index in [1.807, 2.05) is 6.92 Å². The van der Waals surface area contributed by atoms with Crippen LogP contribution in [0, 0.1) is 5.41 Å². The molecule has 0 aromatic heterocycles. The second-order valence-corrected chi connectivity index (χ2v) is 4.03. The number of nitrogens with one attached hydrogen (secondary N) is 1. The first-order chi connectivity index (χ1) is 5.45. The van der Waals surface area contributed by atoms with E-state index in [0.29, 0.717) is 0 Å². The van der Waals surface area contributed by atoms with Gasteiger partial charge in [0.25, 0.3) is 0 Å². The molecule has 0 bridgehead atoms. The van der Waals surface area contributed by atoms with Crippen molar-refractivity contribution in [2.24, 2.45) is 11.3 Å². The molecule has 2 heteroatoms. The lowest BCUT2D eigenvalue weighted by Gasteiger charge is -2.27. The zero-order chi connectivity index (χ0) is 9.78. The molecule has 3 N–H and O–H groups in total. The van der Waals surface area contributed by atoms with Crippen LogP contribution in [0.4, 0.5) is 0 Å². The molecule has 0 heterocycles. The summed E-state index contributed by atoms with van der Waals surface area (Å²) in [4.78, 5) is 0. The first kappa shape index (κ1) is 11.5. The van der Waals surface area contributed by atoms with E-state index in [-0.39, 0.29) is 5.41 Å². The van der Waals surface area contributed by atoms with Crippen LogP contribution >= 0.6 is 0 Å². The van der Waals surface area contributed by atoms with Gasteiger partial charge in [-0.05, 0) is 31.3 Å². The topological polar surface area (TPSA) is 38.0 Å². The predicted octanol–water partition coefficient (Wildman–Crippen LogP) is 2.57. The molecule has 2 nitrogen and oxygen atoms in total. The van der Waals surface area contributed by atoms with Crippen LogP contribution < -0.4 is 11.3 Å². The second kappa shape index (κ2) is 4.51. The molecular formula is C10H22N2. The van der Waals surface area contributed by atoms with Crippen molar-refractivity contribution in [3.8, 4) is 0 Å². The van der Waals surface area contributed by atoms with Crippen molar-refractivity contribution in [1.82, 2.24) is 5.43 Å². The minimum absolute atomic E-state index is 0.269. The molecule has 0 radical (unpaired) electrons. The van der Waals surface area contributed by atoms with E-state index in [1.165, 1.54) is 18.4 Å². The maximum Gasteiger partial charge on any atom is 0.0222 e. The normalized spacial score (nSPS) is 14.2. The van der Waals surface area contributed by atoms with E-state index in [2.05, 4.69) is 33.1 Å². The Morgan fingerprint density at radius 1 is 1.33 bits per heavy atom. The number of nitrogens with two attached hydrogens (primary N) is 1. The number of hydrazine groups is 1. The van der Waals surface area contributed by atoms with Crippen LogP contribution in [-0.4, -0.2) is 0 Å². The smallest absolute Gasteiger partial charge is 0.0222 e. The molecule has 0 aromatic rings. The Hall–Kier alpha value is -0.500. The molecule has 0 aliphatic heterocycles. The molecule has 0 amide bonds. The van der Waals surface area contributed by atoms with Crippen molar-refractivity contribution in [3.63, 3.8) is 0 Å². The third-order valence-electron chi connectivity index (χ3n) is 2.67. The van der Waals surface area contributed by atoms with Crippen molar-refractivity contribution in [3.05, 3.63) is 11.3 Å². The highest BCUT2D eigenvalue weighted by atomic mass is 15.2. The molecule has 0 aliphatic carbocycles. The van der Waals surface area contributed by atoms with Gasteiger partial charge in [-0.25, -0.2) is 0 Å². The molecule has 0 aromatic carbocycles. The monoisotopic (exact) mass is 170 g/mol. The number of allylic oxidation sites excluding steroid dienone is 2. The summed E-state index contributed by atoms with van der Waals surface area (Å²) in [6.07, 6.45) is 2.42. The van der Waals surface area contributed by atoms with Gasteiger partial charge < -0.3 is 5.43 Å². The summed E-state index contributed by atoms with van der Waals surface area (Å²) in [5.74, 6) is 5.36. The van der Waals surface area contributed by atoms with Crippen molar-refractivity contribution < 1.29 is 0 Å². The SMILES string of the molecule is CCCC(C)(C)C(C)=C(C)NN. The second-order valence-electron chi connectivity index (χ2n) is 4.03. The Bertz CT molecular complexity index is 169. The molecule has 0 saturated carbocycles. The molecule has 12 heavy (non-hydrogen) atoms. The van der Waals surface area contributed by atoms with Crippen LogP contribution in [0.5, 0.6) is 0 Å². The van der Waals surface area contributed by atoms with E-state index < -0.39 is 0 Å². The van der Waals surface area contributed by atoms with Crippen LogP contribution in [0.3, 0.4) is 0 Å². The summed E-state index contributed by atoms with van der Waals surface area (Å²) in [6, 6.07) is 0. The molecule has 0 aliphatic rings. The lowest BCUT2D eigenvalue weighted by Crippen LogP contribution is -2.24. The van der Waals surface area contributed by atoms with E-state index in [9.17, 15) is 0 Å². The predicted molar refractivity (Wildman–Crippen MR) is 54.4 cm³/mol. The molecule has 0 saturated heterocycles. The van der Waals surface area contributed by atoms with Gasteiger partial charge in [0.1, 0.15) is 0 Å². The molecular weight excluding hydrogens is 148 g/mol. The molecule has 0 atom stereocenters. The van der Waals surface area contributed by atoms with Gasteiger partial charge in [-0.2, -0.15) is 0 Å². The third kappa shape index (κ3) is 2.86. The summed E-state index contributed by atoms with van der Waals surface area (Å²) < 4.78 is 0. The minimum Gasteiger partial charge on any atom is -0.329 e. The van der Waals surface area contributed by atoms with Crippen molar-refractivity contribution >= 4 is 0 Å². The highest BCUT2D eigenvalue weighted by Crippen LogP contribution is 2.32. The largest absolute Gasteiger partial charge is 0.329 e. The van der Waals surface area contributed by atoms with E-state index in [0.717, 1.165) is 5.70 Å². The van der Waals surface area contributed by atoms with Gasteiger partial charge in [-0.1, -0.05) is 27.2 Å². The maximum absolute atomic E-state index is 5.36. The summed E-state index contributed by atoms with van der Waals surface area (Å²) in [5.41, 5.74) is 5.42. The lowest BCUT2D eigenvalue weighted by molar-refractivity contribution is 0.396. The highest BCUT2D eigenvalue weighted by molar-refractivity contribution is 5.14. The van der Waals surface area contributed by atoms with E-state index >= 15 is 0 Å². The van der Waals surface area contributed by atoms with Crippen molar-refractivity contribution in [1.29, 1.82) is 0 Å². The fourth-order valence-electron chi connectivity index (χ4n) is 1.43. The van der Waals surface area contributed by atoms with Crippen molar-refractivity contribution in [2.45, 2.75) is 47.5 Å². The van der Waals surface area contributed by atoms with Gasteiger partial charge in [0.15, 0.2) is 0 Å². The maximum atomic E-state index is 5.36. The Balaban J connectivity index is 4.53. The van der Waals surface area contributed by atoms with Crippen LogP contribution in [0.2, 0.25) is 0 Å². The summed E-state index contributed by atoms with van der Waals surface area (Å²) in [7, 11) is 0. The summed E-state index contributed by atoms with van der Waals surface area (Å²) >= 11 is 0. The third-order valence-corrected chi connectivity index (χ3v) is 2.67. The quantitative estimate of drug-likeness (QED) is 0.502. The Morgan fingerprint density at radius 2 is 1.83 bits per heavy atom. The molecule has 0 rings (SSSR count). The van der Waals surface area contributed by atoms with Crippen LogP contribution in [0.1, 0.15) is 47.5 Å². The van der Waals surface area contributed by atoms with E-state index in [4.69, 9.17) is 5.84 Å². The van der Waals surface area contributed by atoms with Gasteiger partial charge in [0.2, 0.25) is 0 Å². The minimum atomic E-state index is 0.269. The van der Waals surface area contributed by atoms with Gasteiger partial charge >= 0.3 is 0 Å². The average Bonchev–Trinajstić information content (AvgIpc) is 2.01. The Morgan fingerprint density at radius 3 is 2.17 bits per heavy atom. The zero-order valence-corrected chi connectivity index (χ0v) is 8.99. The number of hydrogen-bond acceptors (Lipinski definition) is 2. The zero-order valence-electron chi connectivity index (χ0n) is 8.99. The van der Waals surface area contributed by atoms with Crippen molar-refractivity contribution in [2.75, 3.05) is 0 Å². The van der Waals surface area contributed by atoms with Gasteiger partial charge in [0, 0.05) is 5.70 Å². The molecule has 72 valence electrons. The van der Waals surface area contributed by atoms with Crippen LogP contribution in [-0.2, 0) is 0 Å². The lowest BCUT2D eigenvalue weighted by atomic mass is 9.80. The summed E-state index contributed by atoms with van der Waals surface area (Å²) in [5, 5.41) is 0. The van der Waals surface area contributed by atoms with E-state index in [1.54, 1.807) is 0 Å². The summed E-state index contributed by atoms with van der Waals surface area (Å²) in [6.45, 7) is 10.9. The Kier molecular flexibility index (Phi) is 4.32. The first-order valence-electron chi connectivity index (χ1n) is 4.60. The fourth-order valence-corrected chi connectivity index (χ4v) is 1.43. The molecule has 0 spiro atoms. The fraction of sp³-hybridized carbons (Fsp3) is 0.800. The van der Waals surface area contributed by atoms with Crippen LogP contribution in [0.25, 0.3) is 0 Å². The molecule has 0 fully saturated rings. The average molecular weight is 170 g/mol.